The molecule has 0 spiro atoms. The van der Waals surface area contributed by atoms with Crippen molar-refractivity contribution in [2.45, 2.75) is 38.7 Å². The Bertz CT molecular complexity index is 785. The molecule has 2 aromatic carbocycles. The number of anilines is 1. The molecule has 0 saturated carbocycles. The second-order valence-corrected chi connectivity index (χ2v) is 6.51. The second kappa shape index (κ2) is 8.56. The Morgan fingerprint density at radius 3 is 2.77 bits per heavy atom. The summed E-state index contributed by atoms with van der Waals surface area (Å²) in [5.74, 6) is 1.24. The highest BCUT2D eigenvalue weighted by Crippen LogP contribution is 2.26. The number of fused-ring (bicyclic) bond motifs is 1. The summed E-state index contributed by atoms with van der Waals surface area (Å²) in [6.07, 6.45) is 5.79. The van der Waals surface area contributed by atoms with Crippen LogP contribution in [0.1, 0.15) is 30.9 Å². The Hall–Kier alpha value is -2.75. The maximum atomic E-state index is 12.4. The molecule has 1 N–H and O–H groups in total. The SMILES string of the molecule is C=CCOc1cccc(NC(=O)C(C)Oc2ccc3c(c2)CCCC3)c1. The van der Waals surface area contributed by atoms with Gasteiger partial charge >= 0.3 is 0 Å². The Kier molecular flexibility index (Phi) is 5.95. The quantitative estimate of drug-likeness (QED) is 0.745. The number of aryl methyl sites for hydroxylation is 2. The van der Waals surface area contributed by atoms with E-state index in [0.29, 0.717) is 18.0 Å². The van der Waals surface area contributed by atoms with Crippen LogP contribution in [0.3, 0.4) is 0 Å². The molecule has 1 unspecified atom stereocenters. The fraction of sp³-hybridized carbons (Fsp3) is 0.318. The van der Waals surface area contributed by atoms with Gasteiger partial charge in [0.15, 0.2) is 6.10 Å². The molecule has 26 heavy (non-hydrogen) atoms. The van der Waals surface area contributed by atoms with Crippen molar-refractivity contribution >= 4 is 11.6 Å². The number of nitrogens with one attached hydrogen (secondary N) is 1. The smallest absolute Gasteiger partial charge is 0.265 e. The Labute approximate surface area is 154 Å². The first kappa shape index (κ1) is 18.1. The maximum absolute atomic E-state index is 12.4. The lowest BCUT2D eigenvalue weighted by atomic mass is 9.92. The van der Waals surface area contributed by atoms with E-state index >= 15 is 0 Å². The summed E-state index contributed by atoms with van der Waals surface area (Å²) in [4.78, 5) is 12.4. The van der Waals surface area contributed by atoms with E-state index in [-0.39, 0.29) is 5.91 Å². The zero-order valence-electron chi connectivity index (χ0n) is 15.2. The van der Waals surface area contributed by atoms with E-state index in [4.69, 9.17) is 9.47 Å². The van der Waals surface area contributed by atoms with Crippen molar-refractivity contribution in [2.75, 3.05) is 11.9 Å². The summed E-state index contributed by atoms with van der Waals surface area (Å²) < 4.78 is 11.3. The molecule has 0 heterocycles. The van der Waals surface area contributed by atoms with E-state index in [1.165, 1.54) is 24.0 Å². The average molecular weight is 351 g/mol. The Morgan fingerprint density at radius 1 is 1.15 bits per heavy atom. The maximum Gasteiger partial charge on any atom is 0.265 e. The van der Waals surface area contributed by atoms with Gasteiger partial charge < -0.3 is 14.8 Å². The molecular formula is C22H25NO3. The third-order valence-electron chi connectivity index (χ3n) is 4.47. The molecule has 2 aromatic rings. The number of carbonyl (C=O) groups excluding carboxylic acids is 1. The van der Waals surface area contributed by atoms with Crippen molar-refractivity contribution in [1.29, 1.82) is 0 Å². The highest BCUT2D eigenvalue weighted by molar-refractivity contribution is 5.94. The zero-order valence-corrected chi connectivity index (χ0v) is 15.2. The van der Waals surface area contributed by atoms with Gasteiger partial charge in [0.2, 0.25) is 0 Å². The van der Waals surface area contributed by atoms with Gasteiger partial charge in [0, 0.05) is 11.8 Å². The van der Waals surface area contributed by atoms with Gasteiger partial charge in [0.05, 0.1) is 0 Å². The highest BCUT2D eigenvalue weighted by Gasteiger charge is 2.17. The number of amides is 1. The summed E-state index contributed by atoms with van der Waals surface area (Å²) in [5.41, 5.74) is 3.42. The molecular weight excluding hydrogens is 326 g/mol. The molecule has 0 saturated heterocycles. The zero-order chi connectivity index (χ0) is 18.4. The van der Waals surface area contributed by atoms with Crippen molar-refractivity contribution in [2.24, 2.45) is 0 Å². The van der Waals surface area contributed by atoms with Gasteiger partial charge in [0.1, 0.15) is 18.1 Å². The molecule has 0 fully saturated rings. The van der Waals surface area contributed by atoms with E-state index in [1.807, 2.05) is 24.3 Å². The minimum Gasteiger partial charge on any atom is -0.489 e. The molecule has 0 aliphatic heterocycles. The highest BCUT2D eigenvalue weighted by atomic mass is 16.5. The second-order valence-electron chi connectivity index (χ2n) is 6.51. The minimum absolute atomic E-state index is 0.191. The van der Waals surface area contributed by atoms with Crippen molar-refractivity contribution in [1.82, 2.24) is 0 Å². The first-order valence-corrected chi connectivity index (χ1v) is 9.09. The van der Waals surface area contributed by atoms with Crippen LogP contribution in [0.25, 0.3) is 0 Å². The van der Waals surface area contributed by atoms with Crippen molar-refractivity contribution < 1.29 is 14.3 Å². The topological polar surface area (TPSA) is 47.6 Å². The normalized spacial score (nSPS) is 14.0. The van der Waals surface area contributed by atoms with Crippen LogP contribution >= 0.6 is 0 Å². The number of rotatable bonds is 7. The predicted molar refractivity (Wildman–Crippen MR) is 104 cm³/mol. The summed E-state index contributed by atoms with van der Waals surface area (Å²) in [5, 5.41) is 2.87. The molecule has 1 atom stereocenters. The summed E-state index contributed by atoms with van der Waals surface area (Å²) >= 11 is 0. The first-order chi connectivity index (χ1) is 12.7. The lowest BCUT2D eigenvalue weighted by Gasteiger charge is -2.19. The third kappa shape index (κ3) is 4.66. The van der Waals surface area contributed by atoms with Crippen LogP contribution in [-0.2, 0) is 17.6 Å². The van der Waals surface area contributed by atoms with Crippen molar-refractivity contribution in [3.8, 4) is 11.5 Å². The Balaban J connectivity index is 1.60. The molecule has 1 aliphatic rings. The fourth-order valence-electron chi connectivity index (χ4n) is 3.10. The van der Waals surface area contributed by atoms with Crippen LogP contribution in [0, 0.1) is 0 Å². The number of ether oxygens (including phenoxy) is 2. The van der Waals surface area contributed by atoms with Gasteiger partial charge in [-0.1, -0.05) is 24.8 Å². The van der Waals surface area contributed by atoms with E-state index in [2.05, 4.69) is 24.0 Å². The minimum atomic E-state index is -0.589. The molecule has 1 amide bonds. The molecule has 4 heteroatoms. The van der Waals surface area contributed by atoms with E-state index in [0.717, 1.165) is 18.6 Å². The van der Waals surface area contributed by atoms with Crippen LogP contribution in [0.4, 0.5) is 5.69 Å². The summed E-state index contributed by atoms with van der Waals surface area (Å²) in [6, 6.07) is 13.4. The van der Waals surface area contributed by atoms with Gasteiger partial charge in [-0.2, -0.15) is 0 Å². The standard InChI is InChI=1S/C22H25NO3/c1-3-13-25-20-10-6-9-19(15-20)23-22(24)16(2)26-21-12-11-17-7-4-5-8-18(17)14-21/h3,6,9-12,14-16H,1,4-5,7-8,13H2,2H3,(H,23,24). The van der Waals surface area contributed by atoms with Gasteiger partial charge in [-0.25, -0.2) is 0 Å². The molecule has 3 rings (SSSR count). The van der Waals surface area contributed by atoms with Gasteiger partial charge in [0.25, 0.3) is 5.91 Å². The van der Waals surface area contributed by atoms with Gasteiger partial charge in [-0.05, 0) is 68.0 Å². The lowest BCUT2D eigenvalue weighted by Crippen LogP contribution is -2.30. The largest absolute Gasteiger partial charge is 0.489 e. The van der Waals surface area contributed by atoms with Crippen molar-refractivity contribution in [3.63, 3.8) is 0 Å². The van der Waals surface area contributed by atoms with Crippen LogP contribution < -0.4 is 14.8 Å². The van der Waals surface area contributed by atoms with E-state index in [1.54, 1.807) is 19.1 Å². The average Bonchev–Trinajstić information content (AvgIpc) is 2.66. The van der Waals surface area contributed by atoms with Gasteiger partial charge in [-0.3, -0.25) is 4.79 Å². The van der Waals surface area contributed by atoms with Crippen LogP contribution in [0.2, 0.25) is 0 Å². The van der Waals surface area contributed by atoms with Crippen molar-refractivity contribution in [3.05, 3.63) is 66.2 Å². The first-order valence-electron chi connectivity index (χ1n) is 9.09. The number of hydrogen-bond acceptors (Lipinski definition) is 3. The molecule has 136 valence electrons. The summed E-state index contributed by atoms with van der Waals surface area (Å²) in [7, 11) is 0. The predicted octanol–water partition coefficient (Wildman–Crippen LogP) is 4.54. The monoisotopic (exact) mass is 351 g/mol. The molecule has 0 bridgehead atoms. The van der Waals surface area contributed by atoms with Crippen LogP contribution in [-0.4, -0.2) is 18.6 Å². The third-order valence-corrected chi connectivity index (χ3v) is 4.47. The fourth-order valence-corrected chi connectivity index (χ4v) is 3.10. The lowest BCUT2D eigenvalue weighted by molar-refractivity contribution is -0.122. The molecule has 1 aliphatic carbocycles. The van der Waals surface area contributed by atoms with Gasteiger partial charge in [-0.15, -0.1) is 0 Å². The molecule has 0 radical (unpaired) electrons. The molecule has 0 aromatic heterocycles. The van der Waals surface area contributed by atoms with E-state index < -0.39 is 6.10 Å². The number of carbonyl (C=O) groups is 1. The Morgan fingerprint density at radius 2 is 1.96 bits per heavy atom. The van der Waals surface area contributed by atoms with Crippen LogP contribution in [0.15, 0.2) is 55.1 Å². The number of benzene rings is 2. The summed E-state index contributed by atoms with van der Waals surface area (Å²) in [6.45, 7) is 5.81. The molecule has 4 nitrogen and oxygen atoms in total. The van der Waals surface area contributed by atoms with Crippen LogP contribution in [0.5, 0.6) is 11.5 Å². The van der Waals surface area contributed by atoms with E-state index in [9.17, 15) is 4.79 Å². The number of hydrogen-bond donors (Lipinski definition) is 1.